The molecule has 18 heavy (non-hydrogen) atoms. The third kappa shape index (κ3) is 2.89. The van der Waals surface area contributed by atoms with Gasteiger partial charge in [0.15, 0.2) is 0 Å². The van der Waals surface area contributed by atoms with E-state index in [1.54, 1.807) is 6.20 Å². The normalized spacial score (nSPS) is 10.9. The maximum Gasteiger partial charge on any atom is 0.131 e. The third-order valence-electron chi connectivity index (χ3n) is 2.94. The molecular formula is C16H20N2. The van der Waals surface area contributed by atoms with Crippen LogP contribution in [-0.4, -0.2) is 4.98 Å². The first-order chi connectivity index (χ1) is 8.56. The van der Waals surface area contributed by atoms with Crippen LogP contribution in [0.25, 0.3) is 11.1 Å². The Morgan fingerprint density at radius 2 is 2.00 bits per heavy atom. The fourth-order valence-electron chi connectivity index (χ4n) is 2.15. The number of hydrogen-bond donors (Lipinski definition) is 1. The number of nitrogens with two attached hydrogens (primary N) is 1. The zero-order valence-electron chi connectivity index (χ0n) is 11.3. The molecule has 0 radical (unpaired) electrons. The van der Waals surface area contributed by atoms with Crippen LogP contribution in [-0.2, 0) is 6.42 Å². The minimum absolute atomic E-state index is 0.599. The van der Waals surface area contributed by atoms with Gasteiger partial charge in [-0.05, 0) is 42.0 Å². The van der Waals surface area contributed by atoms with Gasteiger partial charge in [0.2, 0.25) is 0 Å². The van der Waals surface area contributed by atoms with Crippen LogP contribution < -0.4 is 5.73 Å². The lowest BCUT2D eigenvalue weighted by Gasteiger charge is -2.09. The van der Waals surface area contributed by atoms with Crippen LogP contribution in [0.3, 0.4) is 0 Å². The highest BCUT2D eigenvalue weighted by Crippen LogP contribution is 2.26. The van der Waals surface area contributed by atoms with E-state index in [0.29, 0.717) is 11.7 Å². The zero-order valence-corrected chi connectivity index (χ0v) is 11.3. The maximum atomic E-state index is 5.96. The standard InChI is InChI=1S/C16H20N2/c1-11(2)7-13-5-4-6-14(9-13)15-8-12(3)10-18-16(15)17/h4-6,8-11H,7H2,1-3H3,(H2,17,18). The third-order valence-corrected chi connectivity index (χ3v) is 2.94. The average molecular weight is 240 g/mol. The summed E-state index contributed by atoms with van der Waals surface area (Å²) in [6, 6.07) is 10.7. The van der Waals surface area contributed by atoms with Gasteiger partial charge in [0.25, 0.3) is 0 Å². The molecule has 0 unspecified atom stereocenters. The van der Waals surface area contributed by atoms with Crippen LogP contribution in [0.2, 0.25) is 0 Å². The summed E-state index contributed by atoms with van der Waals surface area (Å²) in [5.41, 5.74) is 10.6. The average Bonchev–Trinajstić information content (AvgIpc) is 2.32. The molecule has 2 heteroatoms. The Bertz CT molecular complexity index is 545. The van der Waals surface area contributed by atoms with E-state index in [1.807, 2.05) is 6.92 Å². The molecule has 2 aromatic rings. The molecule has 0 aliphatic rings. The van der Waals surface area contributed by atoms with Crippen molar-refractivity contribution in [1.29, 1.82) is 0 Å². The number of aromatic nitrogens is 1. The highest BCUT2D eigenvalue weighted by molar-refractivity contribution is 5.74. The highest BCUT2D eigenvalue weighted by Gasteiger charge is 2.06. The van der Waals surface area contributed by atoms with Crippen molar-refractivity contribution in [1.82, 2.24) is 4.98 Å². The molecule has 0 aliphatic heterocycles. The number of pyridine rings is 1. The largest absolute Gasteiger partial charge is 0.383 e. The Balaban J connectivity index is 2.41. The van der Waals surface area contributed by atoms with Gasteiger partial charge in [-0.1, -0.05) is 38.1 Å². The highest BCUT2D eigenvalue weighted by atomic mass is 14.8. The van der Waals surface area contributed by atoms with Gasteiger partial charge >= 0.3 is 0 Å². The van der Waals surface area contributed by atoms with Crippen molar-refractivity contribution < 1.29 is 0 Å². The second-order valence-corrected chi connectivity index (χ2v) is 5.24. The molecule has 2 N–H and O–H groups in total. The van der Waals surface area contributed by atoms with Crippen molar-refractivity contribution in [2.24, 2.45) is 5.92 Å². The van der Waals surface area contributed by atoms with Gasteiger partial charge < -0.3 is 5.73 Å². The Morgan fingerprint density at radius 1 is 1.22 bits per heavy atom. The van der Waals surface area contributed by atoms with E-state index in [4.69, 9.17) is 5.73 Å². The monoisotopic (exact) mass is 240 g/mol. The topological polar surface area (TPSA) is 38.9 Å². The van der Waals surface area contributed by atoms with E-state index < -0.39 is 0 Å². The molecule has 94 valence electrons. The molecule has 0 atom stereocenters. The molecule has 0 fully saturated rings. The van der Waals surface area contributed by atoms with Crippen LogP contribution in [0.5, 0.6) is 0 Å². The molecule has 1 aromatic heterocycles. The Morgan fingerprint density at radius 3 is 2.72 bits per heavy atom. The smallest absolute Gasteiger partial charge is 0.131 e. The van der Waals surface area contributed by atoms with Crippen molar-refractivity contribution in [2.45, 2.75) is 27.2 Å². The predicted molar refractivity (Wildman–Crippen MR) is 77.4 cm³/mol. The van der Waals surface area contributed by atoms with Crippen molar-refractivity contribution in [3.63, 3.8) is 0 Å². The SMILES string of the molecule is Cc1cnc(N)c(-c2cccc(CC(C)C)c2)c1. The molecule has 1 aromatic carbocycles. The molecule has 1 heterocycles. The number of hydrogen-bond acceptors (Lipinski definition) is 2. The van der Waals surface area contributed by atoms with Crippen LogP contribution in [0.1, 0.15) is 25.0 Å². The summed E-state index contributed by atoms with van der Waals surface area (Å²) in [6.45, 7) is 6.50. The molecule has 0 saturated heterocycles. The predicted octanol–water partition coefficient (Wildman–Crippen LogP) is 3.84. The number of nitrogen functional groups attached to an aromatic ring is 1. The van der Waals surface area contributed by atoms with E-state index in [-0.39, 0.29) is 0 Å². The molecule has 2 nitrogen and oxygen atoms in total. The number of aryl methyl sites for hydroxylation is 1. The van der Waals surface area contributed by atoms with Crippen LogP contribution in [0.4, 0.5) is 5.82 Å². The van der Waals surface area contributed by atoms with Crippen molar-refractivity contribution in [3.8, 4) is 11.1 Å². The Hall–Kier alpha value is -1.83. The van der Waals surface area contributed by atoms with Gasteiger partial charge in [-0.2, -0.15) is 0 Å². The van der Waals surface area contributed by atoms with Crippen molar-refractivity contribution in [3.05, 3.63) is 47.7 Å². The zero-order chi connectivity index (χ0) is 13.1. The van der Waals surface area contributed by atoms with Crippen molar-refractivity contribution in [2.75, 3.05) is 5.73 Å². The summed E-state index contributed by atoms with van der Waals surface area (Å²) in [7, 11) is 0. The lowest BCUT2D eigenvalue weighted by Crippen LogP contribution is -1.97. The number of anilines is 1. The summed E-state index contributed by atoms with van der Waals surface area (Å²) in [5, 5.41) is 0. The summed E-state index contributed by atoms with van der Waals surface area (Å²) in [4.78, 5) is 4.22. The van der Waals surface area contributed by atoms with E-state index in [2.05, 4.69) is 49.2 Å². The van der Waals surface area contributed by atoms with Gasteiger partial charge in [0.1, 0.15) is 5.82 Å². The molecule has 2 rings (SSSR count). The van der Waals surface area contributed by atoms with Crippen LogP contribution in [0, 0.1) is 12.8 Å². The first kappa shape index (κ1) is 12.6. The number of benzene rings is 1. The van der Waals surface area contributed by atoms with Gasteiger partial charge in [0, 0.05) is 11.8 Å². The van der Waals surface area contributed by atoms with Crippen LogP contribution in [0.15, 0.2) is 36.5 Å². The van der Waals surface area contributed by atoms with Gasteiger partial charge in [-0.25, -0.2) is 4.98 Å². The van der Waals surface area contributed by atoms with E-state index in [1.165, 1.54) is 5.56 Å². The van der Waals surface area contributed by atoms with E-state index in [9.17, 15) is 0 Å². The van der Waals surface area contributed by atoms with E-state index in [0.717, 1.165) is 23.1 Å². The molecule has 0 spiro atoms. The first-order valence-electron chi connectivity index (χ1n) is 6.37. The maximum absolute atomic E-state index is 5.96. The summed E-state index contributed by atoms with van der Waals surface area (Å²) in [6.07, 6.45) is 2.89. The minimum Gasteiger partial charge on any atom is -0.383 e. The Labute approximate surface area is 109 Å². The fourth-order valence-corrected chi connectivity index (χ4v) is 2.15. The molecular weight excluding hydrogens is 220 g/mol. The molecule has 0 bridgehead atoms. The molecule has 0 saturated carbocycles. The van der Waals surface area contributed by atoms with Gasteiger partial charge in [-0.15, -0.1) is 0 Å². The number of rotatable bonds is 3. The minimum atomic E-state index is 0.599. The molecule has 0 amide bonds. The second kappa shape index (κ2) is 5.21. The lowest BCUT2D eigenvalue weighted by atomic mass is 9.98. The molecule has 0 aliphatic carbocycles. The second-order valence-electron chi connectivity index (χ2n) is 5.24. The number of nitrogens with zero attached hydrogens (tertiary/aromatic N) is 1. The Kier molecular flexibility index (Phi) is 3.66. The van der Waals surface area contributed by atoms with Crippen molar-refractivity contribution >= 4 is 5.82 Å². The first-order valence-corrected chi connectivity index (χ1v) is 6.37. The van der Waals surface area contributed by atoms with Gasteiger partial charge in [-0.3, -0.25) is 0 Å². The summed E-state index contributed by atoms with van der Waals surface area (Å²) >= 11 is 0. The quantitative estimate of drug-likeness (QED) is 0.885. The summed E-state index contributed by atoms with van der Waals surface area (Å²) < 4.78 is 0. The van der Waals surface area contributed by atoms with E-state index >= 15 is 0 Å². The summed E-state index contributed by atoms with van der Waals surface area (Å²) in [5.74, 6) is 1.26. The van der Waals surface area contributed by atoms with Gasteiger partial charge in [0.05, 0.1) is 0 Å². The lowest BCUT2D eigenvalue weighted by molar-refractivity contribution is 0.647. The fraction of sp³-hybridized carbons (Fsp3) is 0.312. The van der Waals surface area contributed by atoms with Crippen LogP contribution >= 0.6 is 0 Å².